The molecule has 162 valence electrons. The summed E-state index contributed by atoms with van der Waals surface area (Å²) in [6.07, 6.45) is 0. The van der Waals surface area contributed by atoms with E-state index in [1.165, 1.54) is 22.3 Å². The Balaban J connectivity index is 0.00000300. The summed E-state index contributed by atoms with van der Waals surface area (Å²) in [5, 5.41) is 0. The van der Waals surface area contributed by atoms with Gasteiger partial charge < -0.3 is 24.8 Å². The van der Waals surface area contributed by atoms with Gasteiger partial charge in [0.2, 0.25) is 0 Å². The maximum atomic E-state index is 4.86. The fourth-order valence-electron chi connectivity index (χ4n) is 3.25. The summed E-state index contributed by atoms with van der Waals surface area (Å²) >= 11 is 0. The molecule has 0 amide bonds. The molecule has 3 rings (SSSR count). The number of aryl methyl sites for hydroxylation is 4. The Morgan fingerprint density at radius 1 is 0.581 bits per heavy atom. The Morgan fingerprint density at radius 2 is 0.871 bits per heavy atom. The number of aromatic nitrogens is 1. The van der Waals surface area contributed by atoms with Crippen molar-refractivity contribution >= 4 is 22.8 Å². The van der Waals surface area contributed by atoms with Gasteiger partial charge >= 0.3 is 17.4 Å². The van der Waals surface area contributed by atoms with Crippen LogP contribution in [0, 0.1) is 27.7 Å². The van der Waals surface area contributed by atoms with Crippen LogP contribution in [0.3, 0.4) is 0 Å². The van der Waals surface area contributed by atoms with Crippen molar-refractivity contribution in [1.82, 2.24) is 4.98 Å². The molecule has 1 heterocycles. The maximum Gasteiger partial charge on any atom is 2.00 e. The van der Waals surface area contributed by atoms with E-state index in [0.29, 0.717) is 0 Å². The molecule has 31 heavy (non-hydrogen) atoms. The SMILES string of the molecule is CC(=Nc1c(C)cccc1C)c1cccc(C(C)=Nc2c(C)cccc2C)n1.[Cl-].[Cl-].[Cr+2]. The van der Waals surface area contributed by atoms with Crippen molar-refractivity contribution in [2.45, 2.75) is 41.5 Å². The van der Waals surface area contributed by atoms with Gasteiger partial charge in [-0.1, -0.05) is 42.5 Å². The van der Waals surface area contributed by atoms with Gasteiger partial charge in [0.05, 0.1) is 34.2 Å². The normalized spacial score (nSPS) is 11.2. The molecule has 0 atom stereocenters. The van der Waals surface area contributed by atoms with Crippen molar-refractivity contribution in [2.24, 2.45) is 9.98 Å². The fraction of sp³-hybridized carbons (Fsp3) is 0.240. The van der Waals surface area contributed by atoms with E-state index < -0.39 is 0 Å². The van der Waals surface area contributed by atoms with Crippen LogP contribution in [-0.4, -0.2) is 16.4 Å². The van der Waals surface area contributed by atoms with Crippen LogP contribution < -0.4 is 24.8 Å². The monoisotopic (exact) mass is 491 g/mol. The minimum absolute atomic E-state index is 0. The summed E-state index contributed by atoms with van der Waals surface area (Å²) < 4.78 is 0. The van der Waals surface area contributed by atoms with Crippen LogP contribution in [0.1, 0.15) is 47.5 Å². The third-order valence-electron chi connectivity index (χ3n) is 4.93. The second kappa shape index (κ2) is 12.8. The van der Waals surface area contributed by atoms with Gasteiger partial charge in [0, 0.05) is 0 Å². The third-order valence-corrected chi connectivity index (χ3v) is 4.93. The molecule has 1 aromatic heterocycles. The minimum atomic E-state index is 0. The zero-order chi connectivity index (χ0) is 20.3. The van der Waals surface area contributed by atoms with Crippen LogP contribution in [0.5, 0.6) is 0 Å². The summed E-state index contributed by atoms with van der Waals surface area (Å²) in [5.74, 6) is 0. The Morgan fingerprint density at radius 3 is 1.19 bits per heavy atom. The molecule has 0 bridgehead atoms. The van der Waals surface area contributed by atoms with E-state index >= 15 is 0 Å². The van der Waals surface area contributed by atoms with E-state index in [2.05, 4.69) is 64.1 Å². The second-order valence-corrected chi connectivity index (χ2v) is 7.28. The fourth-order valence-corrected chi connectivity index (χ4v) is 3.25. The second-order valence-electron chi connectivity index (χ2n) is 7.28. The zero-order valence-corrected chi connectivity index (χ0v) is 21.5. The first kappa shape index (κ1) is 29.0. The maximum absolute atomic E-state index is 4.86. The number of rotatable bonds is 4. The van der Waals surface area contributed by atoms with E-state index in [9.17, 15) is 0 Å². The van der Waals surface area contributed by atoms with Gasteiger partial charge in [-0.3, -0.25) is 9.98 Å². The van der Waals surface area contributed by atoms with E-state index in [1.807, 2.05) is 32.0 Å². The van der Waals surface area contributed by atoms with Crippen molar-refractivity contribution in [3.63, 3.8) is 0 Å². The molecular weight excluding hydrogens is 465 g/mol. The molecule has 0 aliphatic heterocycles. The standard InChI is InChI=1S/C25H27N3.2ClH.Cr/c1-16-10-7-11-17(2)24(16)26-20(5)22-14-9-15-23(28-22)21(6)27-25-18(3)12-8-13-19(25)4;;;/h7-15H,1-6H3;2*1H;/q;;;+2/p-2. The number of aliphatic imine (C=N–C) groups is 2. The van der Waals surface area contributed by atoms with Crippen LogP contribution in [0.15, 0.2) is 64.6 Å². The molecule has 6 heteroatoms. The van der Waals surface area contributed by atoms with E-state index in [4.69, 9.17) is 15.0 Å². The number of halogens is 2. The average molecular weight is 492 g/mol. The van der Waals surface area contributed by atoms with Gasteiger partial charge in [0.25, 0.3) is 0 Å². The van der Waals surface area contributed by atoms with E-state index in [0.717, 1.165) is 34.2 Å². The third kappa shape index (κ3) is 7.02. The summed E-state index contributed by atoms with van der Waals surface area (Å²) in [4.78, 5) is 14.5. The number of pyridine rings is 1. The molecule has 0 aliphatic rings. The first-order chi connectivity index (χ1) is 13.4. The van der Waals surface area contributed by atoms with Crippen LogP contribution >= 0.6 is 0 Å². The van der Waals surface area contributed by atoms with Crippen molar-refractivity contribution < 1.29 is 42.2 Å². The van der Waals surface area contributed by atoms with Gasteiger partial charge in [-0.2, -0.15) is 0 Å². The Hall–Kier alpha value is -1.96. The molecule has 0 unspecified atom stereocenters. The van der Waals surface area contributed by atoms with E-state index in [1.54, 1.807) is 0 Å². The van der Waals surface area contributed by atoms with Gasteiger partial charge in [0.1, 0.15) is 0 Å². The summed E-state index contributed by atoms with van der Waals surface area (Å²) in [7, 11) is 0. The van der Waals surface area contributed by atoms with Gasteiger partial charge in [-0.15, -0.1) is 0 Å². The van der Waals surface area contributed by atoms with Gasteiger partial charge in [-0.25, -0.2) is 4.98 Å². The molecule has 0 aliphatic carbocycles. The largest absolute Gasteiger partial charge is 2.00 e. The first-order valence-corrected chi connectivity index (χ1v) is 9.57. The van der Waals surface area contributed by atoms with Crippen LogP contribution in [0.2, 0.25) is 0 Å². The average Bonchev–Trinajstić information content (AvgIpc) is 2.67. The molecule has 0 spiro atoms. The number of nitrogens with zero attached hydrogens (tertiary/aromatic N) is 3. The van der Waals surface area contributed by atoms with Gasteiger partial charge in [-0.05, 0) is 75.9 Å². The molecule has 0 saturated carbocycles. The minimum Gasteiger partial charge on any atom is -1.00 e. The molecule has 0 radical (unpaired) electrons. The predicted molar refractivity (Wildman–Crippen MR) is 120 cm³/mol. The van der Waals surface area contributed by atoms with Crippen LogP contribution in [0.4, 0.5) is 11.4 Å². The Bertz CT molecular complexity index is 969. The molecule has 0 fully saturated rings. The van der Waals surface area contributed by atoms with Gasteiger partial charge in [0.15, 0.2) is 0 Å². The molecule has 3 aromatic rings. The predicted octanol–water partition coefficient (Wildman–Crippen LogP) is 0.602. The summed E-state index contributed by atoms with van der Waals surface area (Å²) in [5.41, 5.74) is 10.3. The van der Waals surface area contributed by atoms with Crippen molar-refractivity contribution in [2.75, 3.05) is 0 Å². The topological polar surface area (TPSA) is 37.6 Å². The number of hydrogen-bond donors (Lipinski definition) is 0. The van der Waals surface area contributed by atoms with Crippen molar-refractivity contribution in [3.05, 3.63) is 88.2 Å². The first-order valence-electron chi connectivity index (χ1n) is 9.57. The Kier molecular flexibility index (Phi) is 12.0. The summed E-state index contributed by atoms with van der Waals surface area (Å²) in [6, 6.07) is 18.5. The summed E-state index contributed by atoms with van der Waals surface area (Å²) in [6.45, 7) is 12.4. The van der Waals surface area contributed by atoms with E-state index in [-0.39, 0.29) is 42.2 Å². The smallest absolute Gasteiger partial charge is 1.00 e. The Labute approximate surface area is 209 Å². The quantitative estimate of drug-likeness (QED) is 0.492. The van der Waals surface area contributed by atoms with Crippen molar-refractivity contribution in [1.29, 1.82) is 0 Å². The number of para-hydroxylation sites is 2. The number of benzene rings is 2. The molecule has 0 N–H and O–H groups in total. The molecule has 2 aromatic carbocycles. The molecule has 0 saturated heterocycles. The zero-order valence-electron chi connectivity index (χ0n) is 18.7. The van der Waals surface area contributed by atoms with Crippen LogP contribution in [-0.2, 0) is 17.4 Å². The number of hydrogen-bond acceptors (Lipinski definition) is 3. The van der Waals surface area contributed by atoms with Crippen LogP contribution in [0.25, 0.3) is 0 Å². The van der Waals surface area contributed by atoms with Crippen molar-refractivity contribution in [3.8, 4) is 0 Å². The molecular formula is C25H27Cl2CrN3. The molecule has 3 nitrogen and oxygen atoms in total.